The summed E-state index contributed by atoms with van der Waals surface area (Å²) in [5, 5.41) is 0. The molecule has 2 rings (SSSR count). The van der Waals surface area contributed by atoms with Crippen LogP contribution >= 0.6 is 0 Å². The smallest absolute Gasteiger partial charge is 0.168 e. The first-order valence-electron chi connectivity index (χ1n) is 7.10. The monoisotopic (exact) mass is 260 g/mol. The zero-order valence-electron chi connectivity index (χ0n) is 12.2. The molecule has 1 fully saturated rings. The van der Waals surface area contributed by atoms with Gasteiger partial charge >= 0.3 is 0 Å². The molecule has 19 heavy (non-hydrogen) atoms. The van der Waals surface area contributed by atoms with Crippen LogP contribution in [-0.4, -0.2) is 18.5 Å². The standard InChI is InChI=1S/C17H24O2/c1-16(2)9-11-17(19-3,12-10-16)15(18)13-14-7-5-4-6-8-14/h4-8H,9-13H2,1-3H3. The predicted molar refractivity (Wildman–Crippen MR) is 77.1 cm³/mol. The van der Waals surface area contributed by atoms with Gasteiger partial charge in [0, 0.05) is 13.5 Å². The van der Waals surface area contributed by atoms with E-state index in [1.807, 2.05) is 30.3 Å². The number of hydrogen-bond acceptors (Lipinski definition) is 2. The van der Waals surface area contributed by atoms with Crippen molar-refractivity contribution in [2.45, 2.75) is 51.6 Å². The Bertz CT molecular complexity index is 424. The average molecular weight is 260 g/mol. The molecule has 2 heteroatoms. The minimum Gasteiger partial charge on any atom is -0.370 e. The summed E-state index contributed by atoms with van der Waals surface area (Å²) in [4.78, 5) is 12.6. The number of ketones is 1. The van der Waals surface area contributed by atoms with Crippen molar-refractivity contribution >= 4 is 5.78 Å². The second-order valence-corrected chi connectivity index (χ2v) is 6.45. The number of ether oxygens (including phenoxy) is 1. The summed E-state index contributed by atoms with van der Waals surface area (Å²) in [5.41, 5.74) is 0.870. The van der Waals surface area contributed by atoms with Crippen LogP contribution in [0, 0.1) is 5.41 Å². The van der Waals surface area contributed by atoms with Gasteiger partial charge in [-0.15, -0.1) is 0 Å². The topological polar surface area (TPSA) is 26.3 Å². The van der Waals surface area contributed by atoms with E-state index < -0.39 is 5.60 Å². The van der Waals surface area contributed by atoms with Gasteiger partial charge < -0.3 is 4.74 Å². The molecule has 0 heterocycles. The summed E-state index contributed by atoms with van der Waals surface area (Å²) in [6, 6.07) is 9.95. The Balaban J connectivity index is 2.08. The summed E-state index contributed by atoms with van der Waals surface area (Å²) in [5.74, 6) is 0.233. The van der Waals surface area contributed by atoms with E-state index in [1.54, 1.807) is 7.11 Å². The molecule has 104 valence electrons. The highest BCUT2D eigenvalue weighted by molar-refractivity contribution is 5.89. The van der Waals surface area contributed by atoms with Crippen molar-refractivity contribution in [2.75, 3.05) is 7.11 Å². The van der Waals surface area contributed by atoms with Crippen LogP contribution in [0.4, 0.5) is 0 Å². The Labute approximate surface area is 116 Å². The molecule has 0 amide bonds. The van der Waals surface area contributed by atoms with Crippen LogP contribution in [0.1, 0.15) is 45.1 Å². The highest BCUT2D eigenvalue weighted by atomic mass is 16.5. The maximum atomic E-state index is 12.6. The molecule has 0 bridgehead atoms. The quantitative estimate of drug-likeness (QED) is 0.823. The fourth-order valence-corrected chi connectivity index (χ4v) is 2.87. The van der Waals surface area contributed by atoms with E-state index in [0.717, 1.165) is 31.2 Å². The summed E-state index contributed by atoms with van der Waals surface area (Å²) >= 11 is 0. The number of methoxy groups -OCH3 is 1. The van der Waals surface area contributed by atoms with Gasteiger partial charge in [0.05, 0.1) is 0 Å². The second kappa shape index (κ2) is 5.46. The van der Waals surface area contributed by atoms with Crippen molar-refractivity contribution in [3.05, 3.63) is 35.9 Å². The van der Waals surface area contributed by atoms with Crippen molar-refractivity contribution in [1.82, 2.24) is 0 Å². The van der Waals surface area contributed by atoms with E-state index in [1.165, 1.54) is 0 Å². The van der Waals surface area contributed by atoms with Crippen LogP contribution in [0.25, 0.3) is 0 Å². The lowest BCUT2D eigenvalue weighted by molar-refractivity contribution is -0.147. The molecule has 0 radical (unpaired) electrons. The molecule has 0 aromatic heterocycles. The first-order valence-corrected chi connectivity index (χ1v) is 7.10. The summed E-state index contributed by atoms with van der Waals surface area (Å²) < 4.78 is 5.66. The third-order valence-electron chi connectivity index (χ3n) is 4.52. The van der Waals surface area contributed by atoms with E-state index in [4.69, 9.17) is 4.74 Å². The average Bonchev–Trinajstić information content (AvgIpc) is 2.40. The number of benzene rings is 1. The fraction of sp³-hybridized carbons (Fsp3) is 0.588. The summed E-state index contributed by atoms with van der Waals surface area (Å²) in [6.07, 6.45) is 4.29. The lowest BCUT2D eigenvalue weighted by atomic mass is 9.69. The molecular weight excluding hydrogens is 236 g/mol. The minimum absolute atomic E-state index is 0.233. The van der Waals surface area contributed by atoms with Crippen molar-refractivity contribution < 1.29 is 9.53 Å². The Hall–Kier alpha value is -1.15. The Kier molecular flexibility index (Phi) is 4.10. The summed E-state index contributed by atoms with van der Waals surface area (Å²) in [7, 11) is 1.68. The van der Waals surface area contributed by atoms with Crippen LogP contribution in [0.2, 0.25) is 0 Å². The first kappa shape index (κ1) is 14.3. The molecule has 0 atom stereocenters. The third-order valence-corrected chi connectivity index (χ3v) is 4.52. The van der Waals surface area contributed by atoms with Gasteiger partial charge in [0.2, 0.25) is 0 Å². The van der Waals surface area contributed by atoms with Gasteiger partial charge in [0.15, 0.2) is 5.78 Å². The van der Waals surface area contributed by atoms with E-state index in [9.17, 15) is 4.79 Å². The number of hydrogen-bond donors (Lipinski definition) is 0. The predicted octanol–water partition coefficient (Wildman–Crippen LogP) is 3.78. The molecule has 0 aliphatic heterocycles. The van der Waals surface area contributed by atoms with E-state index in [-0.39, 0.29) is 5.78 Å². The molecule has 0 spiro atoms. The van der Waals surface area contributed by atoms with Gasteiger partial charge in [-0.3, -0.25) is 4.79 Å². The molecule has 0 N–H and O–H groups in total. The van der Waals surface area contributed by atoms with Crippen molar-refractivity contribution in [3.63, 3.8) is 0 Å². The van der Waals surface area contributed by atoms with Crippen molar-refractivity contribution in [1.29, 1.82) is 0 Å². The van der Waals surface area contributed by atoms with Crippen LogP contribution in [-0.2, 0) is 16.0 Å². The van der Waals surface area contributed by atoms with Crippen LogP contribution in [0.3, 0.4) is 0 Å². The Morgan fingerprint density at radius 3 is 2.21 bits per heavy atom. The molecule has 0 unspecified atom stereocenters. The molecule has 0 saturated heterocycles. The Morgan fingerprint density at radius 1 is 1.11 bits per heavy atom. The largest absolute Gasteiger partial charge is 0.370 e. The maximum Gasteiger partial charge on any atom is 0.168 e. The van der Waals surface area contributed by atoms with Crippen LogP contribution < -0.4 is 0 Å². The number of carbonyl (C=O) groups is 1. The molecule has 1 aliphatic carbocycles. The van der Waals surface area contributed by atoms with E-state index >= 15 is 0 Å². The highest BCUT2D eigenvalue weighted by Gasteiger charge is 2.43. The van der Waals surface area contributed by atoms with Crippen molar-refractivity contribution in [3.8, 4) is 0 Å². The van der Waals surface area contributed by atoms with Gasteiger partial charge in [0.25, 0.3) is 0 Å². The molecule has 1 saturated carbocycles. The second-order valence-electron chi connectivity index (χ2n) is 6.45. The Morgan fingerprint density at radius 2 is 1.68 bits per heavy atom. The van der Waals surface area contributed by atoms with Gasteiger partial charge in [-0.05, 0) is 36.7 Å². The normalized spacial score (nSPS) is 21.0. The van der Waals surface area contributed by atoms with E-state index in [2.05, 4.69) is 13.8 Å². The minimum atomic E-state index is -0.550. The van der Waals surface area contributed by atoms with Gasteiger partial charge in [0.1, 0.15) is 5.60 Å². The molecule has 2 nitrogen and oxygen atoms in total. The van der Waals surface area contributed by atoms with Crippen molar-refractivity contribution in [2.24, 2.45) is 5.41 Å². The number of carbonyl (C=O) groups excluding carboxylic acids is 1. The zero-order valence-corrected chi connectivity index (χ0v) is 12.2. The lowest BCUT2D eigenvalue weighted by Crippen LogP contribution is -2.46. The van der Waals surface area contributed by atoms with Crippen LogP contribution in [0.15, 0.2) is 30.3 Å². The molecule has 1 aliphatic rings. The number of rotatable bonds is 4. The first-order chi connectivity index (χ1) is 8.97. The number of Topliss-reactive ketones (excluding diaryl/α,β-unsaturated/α-hetero) is 1. The maximum absolute atomic E-state index is 12.6. The molecule has 1 aromatic carbocycles. The molecule has 1 aromatic rings. The van der Waals surface area contributed by atoms with Crippen LogP contribution in [0.5, 0.6) is 0 Å². The highest BCUT2D eigenvalue weighted by Crippen LogP contribution is 2.42. The zero-order chi connectivity index (χ0) is 13.9. The SMILES string of the molecule is COC1(C(=O)Cc2ccccc2)CCC(C)(C)CC1. The third kappa shape index (κ3) is 3.24. The summed E-state index contributed by atoms with van der Waals surface area (Å²) in [6.45, 7) is 4.54. The molecular formula is C17H24O2. The van der Waals surface area contributed by atoms with Gasteiger partial charge in [-0.25, -0.2) is 0 Å². The van der Waals surface area contributed by atoms with Gasteiger partial charge in [-0.2, -0.15) is 0 Å². The lowest BCUT2D eigenvalue weighted by Gasteiger charge is -2.41. The van der Waals surface area contributed by atoms with Gasteiger partial charge in [-0.1, -0.05) is 44.2 Å². The fourth-order valence-electron chi connectivity index (χ4n) is 2.87. The van der Waals surface area contributed by atoms with E-state index in [0.29, 0.717) is 11.8 Å².